The van der Waals surface area contributed by atoms with Gasteiger partial charge in [-0.1, -0.05) is 0 Å². The molecule has 3 rings (SSSR count). The van der Waals surface area contributed by atoms with Crippen molar-refractivity contribution >= 4 is 17.3 Å². The minimum Gasteiger partial charge on any atom is -0.372 e. The fraction of sp³-hybridized carbons (Fsp3) is 0.524. The summed E-state index contributed by atoms with van der Waals surface area (Å²) < 4.78 is 1.79. The smallest absolute Gasteiger partial charge is 0.238 e. The summed E-state index contributed by atoms with van der Waals surface area (Å²) in [6, 6.07) is 6.59. The van der Waals surface area contributed by atoms with E-state index >= 15 is 0 Å². The Labute approximate surface area is 162 Å². The van der Waals surface area contributed by atoms with Gasteiger partial charge >= 0.3 is 0 Å². The summed E-state index contributed by atoms with van der Waals surface area (Å²) in [5.41, 5.74) is 4.37. The molecule has 2 aromatic rings. The fourth-order valence-electron chi connectivity index (χ4n) is 3.54. The highest BCUT2D eigenvalue weighted by Crippen LogP contribution is 2.25. The van der Waals surface area contributed by atoms with Crippen molar-refractivity contribution in [1.29, 1.82) is 0 Å². The van der Waals surface area contributed by atoms with Crippen LogP contribution in [0.2, 0.25) is 0 Å². The molecule has 1 aliphatic heterocycles. The summed E-state index contributed by atoms with van der Waals surface area (Å²) in [6.45, 7) is 9.61. The Morgan fingerprint density at radius 2 is 2.04 bits per heavy atom. The van der Waals surface area contributed by atoms with Crippen LogP contribution in [0.3, 0.4) is 0 Å². The van der Waals surface area contributed by atoms with Gasteiger partial charge in [0.2, 0.25) is 5.91 Å². The lowest BCUT2D eigenvalue weighted by molar-refractivity contribution is -0.117. The quantitative estimate of drug-likeness (QED) is 0.814. The Bertz CT molecular complexity index is 777. The zero-order chi connectivity index (χ0) is 19.4. The number of aromatic nitrogens is 2. The van der Waals surface area contributed by atoms with Crippen molar-refractivity contribution in [2.24, 2.45) is 7.05 Å². The zero-order valence-corrected chi connectivity index (χ0v) is 16.9. The number of hydrogen-bond donors (Lipinski definition) is 1. The molecule has 1 amide bonds. The molecule has 0 atom stereocenters. The van der Waals surface area contributed by atoms with E-state index in [2.05, 4.69) is 53.1 Å². The average Bonchev–Trinajstić information content (AvgIpc) is 3.28. The number of hydrogen-bond acceptors (Lipinski definition) is 4. The summed E-state index contributed by atoms with van der Waals surface area (Å²) in [6.07, 6.45) is 6.38. The maximum Gasteiger partial charge on any atom is 0.238 e. The predicted molar refractivity (Wildman–Crippen MR) is 110 cm³/mol. The van der Waals surface area contributed by atoms with Gasteiger partial charge in [0.05, 0.1) is 12.7 Å². The molecule has 6 nitrogen and oxygen atoms in total. The lowest BCUT2D eigenvalue weighted by Gasteiger charge is -2.25. The van der Waals surface area contributed by atoms with Crippen molar-refractivity contribution in [3.05, 3.63) is 41.7 Å². The first kappa shape index (κ1) is 19.4. The number of anilines is 2. The Kier molecular flexibility index (Phi) is 6.16. The van der Waals surface area contributed by atoms with Crippen molar-refractivity contribution in [2.45, 2.75) is 46.2 Å². The standard InChI is InChI=1S/C21H31N5O/c1-16(2)26(14-18-12-22-24(4)13-18)15-21(27)23-20-8-7-19(11-17(20)3)25-9-5-6-10-25/h7-8,11-13,16H,5-6,9-10,14-15H2,1-4H3,(H,23,27). The molecule has 1 fully saturated rings. The van der Waals surface area contributed by atoms with Gasteiger partial charge in [0.15, 0.2) is 0 Å². The van der Waals surface area contributed by atoms with E-state index < -0.39 is 0 Å². The molecule has 1 aromatic heterocycles. The Morgan fingerprint density at radius 3 is 2.63 bits per heavy atom. The molecular formula is C21H31N5O. The van der Waals surface area contributed by atoms with Crippen molar-refractivity contribution in [2.75, 3.05) is 29.9 Å². The molecule has 0 unspecified atom stereocenters. The number of nitrogens with zero attached hydrogens (tertiary/aromatic N) is 4. The van der Waals surface area contributed by atoms with Gasteiger partial charge in [-0.3, -0.25) is 14.4 Å². The molecule has 0 radical (unpaired) electrons. The number of carbonyl (C=O) groups is 1. The minimum absolute atomic E-state index is 0.0182. The lowest BCUT2D eigenvalue weighted by atomic mass is 10.1. The van der Waals surface area contributed by atoms with Crippen LogP contribution in [0.25, 0.3) is 0 Å². The van der Waals surface area contributed by atoms with Crippen LogP contribution >= 0.6 is 0 Å². The molecule has 27 heavy (non-hydrogen) atoms. The molecule has 1 aromatic carbocycles. The maximum atomic E-state index is 12.6. The molecule has 0 bridgehead atoms. The van der Waals surface area contributed by atoms with E-state index in [1.54, 1.807) is 4.68 Å². The van der Waals surface area contributed by atoms with Crippen molar-refractivity contribution in [3.63, 3.8) is 0 Å². The maximum absolute atomic E-state index is 12.6. The number of nitrogens with one attached hydrogen (secondary N) is 1. The number of aryl methyl sites for hydroxylation is 2. The molecule has 1 aliphatic rings. The highest BCUT2D eigenvalue weighted by Gasteiger charge is 2.17. The van der Waals surface area contributed by atoms with E-state index in [0.29, 0.717) is 13.1 Å². The Hall–Kier alpha value is -2.34. The number of amides is 1. The van der Waals surface area contributed by atoms with Crippen LogP contribution in [0.4, 0.5) is 11.4 Å². The minimum atomic E-state index is 0.0182. The van der Waals surface area contributed by atoms with Gasteiger partial charge in [-0.05, 0) is 57.4 Å². The van der Waals surface area contributed by atoms with Gasteiger partial charge in [-0.25, -0.2) is 0 Å². The van der Waals surface area contributed by atoms with Crippen LogP contribution in [-0.2, 0) is 18.4 Å². The molecule has 0 saturated carbocycles. The second-order valence-corrected chi connectivity index (χ2v) is 7.76. The average molecular weight is 370 g/mol. The third kappa shape index (κ3) is 5.10. The summed E-state index contributed by atoms with van der Waals surface area (Å²) in [5, 5.41) is 7.30. The van der Waals surface area contributed by atoms with Crippen LogP contribution < -0.4 is 10.2 Å². The van der Waals surface area contributed by atoms with Gasteiger partial charge in [-0.15, -0.1) is 0 Å². The molecule has 2 heterocycles. The van der Waals surface area contributed by atoms with E-state index in [9.17, 15) is 4.79 Å². The molecule has 0 aliphatic carbocycles. The van der Waals surface area contributed by atoms with Crippen molar-refractivity contribution in [1.82, 2.24) is 14.7 Å². The van der Waals surface area contributed by atoms with Crippen LogP contribution in [0, 0.1) is 6.92 Å². The second kappa shape index (κ2) is 8.57. The third-order valence-electron chi connectivity index (χ3n) is 5.18. The first-order chi connectivity index (χ1) is 12.9. The van der Waals surface area contributed by atoms with Gasteiger partial charge in [0.25, 0.3) is 0 Å². The first-order valence-electron chi connectivity index (χ1n) is 9.79. The number of benzene rings is 1. The van der Waals surface area contributed by atoms with Gasteiger partial charge in [0, 0.05) is 55.9 Å². The lowest BCUT2D eigenvalue weighted by Crippen LogP contribution is -2.37. The monoisotopic (exact) mass is 369 g/mol. The van der Waals surface area contributed by atoms with E-state index in [0.717, 1.165) is 29.9 Å². The zero-order valence-electron chi connectivity index (χ0n) is 16.9. The summed E-state index contributed by atoms with van der Waals surface area (Å²) >= 11 is 0. The molecule has 1 N–H and O–H groups in total. The number of rotatable bonds is 7. The van der Waals surface area contributed by atoms with E-state index in [1.807, 2.05) is 25.5 Å². The second-order valence-electron chi connectivity index (χ2n) is 7.76. The molecule has 6 heteroatoms. The normalized spacial score (nSPS) is 14.4. The number of carbonyl (C=O) groups excluding carboxylic acids is 1. The topological polar surface area (TPSA) is 53.4 Å². The van der Waals surface area contributed by atoms with E-state index in [-0.39, 0.29) is 11.9 Å². The third-order valence-corrected chi connectivity index (χ3v) is 5.18. The highest BCUT2D eigenvalue weighted by molar-refractivity contribution is 5.93. The Morgan fingerprint density at radius 1 is 1.30 bits per heavy atom. The van der Waals surface area contributed by atoms with Gasteiger partial charge in [-0.2, -0.15) is 5.10 Å². The van der Waals surface area contributed by atoms with Crippen LogP contribution in [0.15, 0.2) is 30.6 Å². The first-order valence-corrected chi connectivity index (χ1v) is 9.79. The summed E-state index contributed by atoms with van der Waals surface area (Å²) in [4.78, 5) is 17.2. The molecular weight excluding hydrogens is 338 g/mol. The van der Waals surface area contributed by atoms with Crippen molar-refractivity contribution < 1.29 is 4.79 Å². The highest BCUT2D eigenvalue weighted by atomic mass is 16.2. The van der Waals surface area contributed by atoms with E-state index in [4.69, 9.17) is 0 Å². The predicted octanol–water partition coefficient (Wildman–Crippen LogP) is 3.18. The van der Waals surface area contributed by atoms with Crippen LogP contribution in [0.5, 0.6) is 0 Å². The van der Waals surface area contributed by atoms with E-state index in [1.165, 1.54) is 18.5 Å². The van der Waals surface area contributed by atoms with Crippen LogP contribution in [-0.4, -0.2) is 46.3 Å². The molecule has 0 spiro atoms. The summed E-state index contributed by atoms with van der Waals surface area (Å²) in [5.74, 6) is 0.0182. The molecule has 146 valence electrons. The molecule has 1 saturated heterocycles. The van der Waals surface area contributed by atoms with Crippen LogP contribution in [0.1, 0.15) is 37.8 Å². The largest absolute Gasteiger partial charge is 0.372 e. The fourth-order valence-corrected chi connectivity index (χ4v) is 3.54. The SMILES string of the molecule is Cc1cc(N2CCCC2)ccc1NC(=O)CN(Cc1cnn(C)c1)C(C)C. The summed E-state index contributed by atoms with van der Waals surface area (Å²) in [7, 11) is 1.91. The van der Waals surface area contributed by atoms with Gasteiger partial charge < -0.3 is 10.2 Å². The van der Waals surface area contributed by atoms with Crippen molar-refractivity contribution in [3.8, 4) is 0 Å². The Balaban J connectivity index is 1.61. The van der Waals surface area contributed by atoms with Gasteiger partial charge in [0.1, 0.15) is 0 Å².